The number of nitrogens with one attached hydrogen (secondary N) is 2. The third-order valence-corrected chi connectivity index (χ3v) is 10.9. The Hall–Kier alpha value is -3.45. The van der Waals surface area contributed by atoms with Gasteiger partial charge in [0, 0.05) is 53.5 Å². The molecular weight excluding hydrogens is 788 g/mol. The van der Waals surface area contributed by atoms with E-state index in [4.69, 9.17) is 5.11 Å². The van der Waals surface area contributed by atoms with Crippen LogP contribution in [0.25, 0.3) is 21.8 Å². The number of para-hydroxylation sites is 2. The van der Waals surface area contributed by atoms with Gasteiger partial charge in [-0.25, -0.2) is 14.8 Å². The lowest BCUT2D eigenvalue weighted by molar-refractivity contribution is -0.118. The van der Waals surface area contributed by atoms with Crippen LogP contribution < -0.4 is 0 Å². The number of ketones is 2. The molecule has 6 aromatic rings. The van der Waals surface area contributed by atoms with E-state index in [1.54, 1.807) is 6.20 Å². The van der Waals surface area contributed by atoms with Gasteiger partial charge in [-0.2, -0.15) is 0 Å². The summed E-state index contributed by atoms with van der Waals surface area (Å²) in [6.07, 6.45) is 15.3. The molecule has 0 bridgehead atoms. The van der Waals surface area contributed by atoms with Crippen LogP contribution in [-0.2, 0) is 17.6 Å². The van der Waals surface area contributed by atoms with Crippen molar-refractivity contribution in [2.45, 2.75) is 71.6 Å². The highest BCUT2D eigenvalue weighted by Gasteiger charge is 2.19. The summed E-state index contributed by atoms with van der Waals surface area (Å²) in [5.74, 6) is -0.0125. The molecule has 1 unspecified atom stereocenters. The molecule has 49 heavy (non-hydrogen) atoms. The largest absolute Gasteiger partial charge is 0.477 e. The number of halogens is 2. The number of benzene rings is 2. The molecule has 0 fully saturated rings. The highest BCUT2D eigenvalue weighted by Crippen LogP contribution is 2.28. The van der Waals surface area contributed by atoms with E-state index in [9.17, 15) is 14.4 Å². The molecule has 2 aromatic carbocycles. The summed E-state index contributed by atoms with van der Waals surface area (Å²) in [6, 6.07) is 16.5. The Morgan fingerprint density at radius 1 is 0.796 bits per heavy atom. The van der Waals surface area contributed by atoms with Crippen LogP contribution in [0.2, 0.25) is 0 Å². The predicted molar refractivity (Wildman–Crippen MR) is 207 cm³/mol. The molecular formula is C37H40Br2N4O4S2. The molecule has 0 aliphatic rings. The van der Waals surface area contributed by atoms with Gasteiger partial charge in [-0.05, 0) is 80.3 Å². The molecule has 4 heterocycles. The van der Waals surface area contributed by atoms with Crippen molar-refractivity contribution in [2.24, 2.45) is 5.92 Å². The van der Waals surface area contributed by atoms with Crippen LogP contribution in [0.4, 0.5) is 0 Å². The third kappa shape index (κ3) is 11.8. The summed E-state index contributed by atoms with van der Waals surface area (Å²) < 4.78 is 1.37. The average Bonchev–Trinajstić information content (AvgIpc) is 3.91. The van der Waals surface area contributed by atoms with E-state index in [1.165, 1.54) is 39.4 Å². The quantitative estimate of drug-likeness (QED) is 0.0938. The summed E-state index contributed by atoms with van der Waals surface area (Å²) in [5.41, 5.74) is 4.71. The minimum atomic E-state index is -0.932. The fourth-order valence-electron chi connectivity index (χ4n) is 5.43. The van der Waals surface area contributed by atoms with Gasteiger partial charge in [0.05, 0.1) is 17.3 Å². The molecule has 0 amide bonds. The minimum Gasteiger partial charge on any atom is -0.477 e. The smallest absolute Gasteiger partial charge is 0.347 e. The van der Waals surface area contributed by atoms with Gasteiger partial charge in [0.1, 0.15) is 10.7 Å². The summed E-state index contributed by atoms with van der Waals surface area (Å²) in [5, 5.41) is 10.8. The molecule has 0 radical (unpaired) electrons. The van der Waals surface area contributed by atoms with E-state index in [2.05, 4.69) is 96.1 Å². The monoisotopic (exact) mass is 826 g/mol. The molecule has 6 rings (SSSR count). The van der Waals surface area contributed by atoms with Crippen molar-refractivity contribution in [1.82, 2.24) is 19.9 Å². The highest BCUT2D eigenvalue weighted by atomic mass is 79.9. The van der Waals surface area contributed by atoms with Crippen molar-refractivity contribution >= 4 is 93.9 Å². The van der Waals surface area contributed by atoms with Crippen LogP contribution in [0.15, 0.2) is 81.2 Å². The zero-order valence-electron chi connectivity index (χ0n) is 27.5. The number of nitrogens with zero attached hydrogens (tertiary/aromatic N) is 2. The zero-order valence-corrected chi connectivity index (χ0v) is 32.3. The lowest BCUT2D eigenvalue weighted by Gasteiger charge is -2.15. The Morgan fingerprint density at radius 2 is 1.35 bits per heavy atom. The first-order valence-electron chi connectivity index (χ1n) is 16.3. The number of carbonyl (C=O) groups is 3. The van der Waals surface area contributed by atoms with E-state index in [0.717, 1.165) is 69.7 Å². The summed E-state index contributed by atoms with van der Waals surface area (Å²) in [7, 11) is 0. The maximum atomic E-state index is 12.6. The molecule has 8 nitrogen and oxygen atoms in total. The van der Waals surface area contributed by atoms with E-state index >= 15 is 0 Å². The van der Waals surface area contributed by atoms with Crippen molar-refractivity contribution in [2.75, 3.05) is 0 Å². The van der Waals surface area contributed by atoms with Gasteiger partial charge in [0.2, 0.25) is 0 Å². The van der Waals surface area contributed by atoms with Crippen LogP contribution >= 0.6 is 54.5 Å². The predicted octanol–water partition coefficient (Wildman–Crippen LogP) is 11.1. The van der Waals surface area contributed by atoms with Crippen LogP contribution in [0.1, 0.15) is 89.3 Å². The Balaban J connectivity index is 0.000000185. The second kappa shape index (κ2) is 19.7. The molecule has 12 heteroatoms. The topological polar surface area (TPSA) is 129 Å². The van der Waals surface area contributed by atoms with E-state index in [0.29, 0.717) is 34.9 Å². The standard InChI is InChI=1S/C19H21BrN2OS.C14H17NO.C4H2BrNO2S/c1-2-3-6-13(10-17(23)18-12-22-19(20)24-18)9-14-11-21-16-8-5-4-7-15(14)16;1-2-3-6-12(16)9-11-10-15-14-8-5-4-7-13(11)14;5-4-6-1-2(9-4)3(7)8/h4-5,7-8,11-13,21H,2-3,6,9-10H2,1H3;4-5,7-8,10,15H,2-3,6,9H2,1H3;1H,(H,7,8). The van der Waals surface area contributed by atoms with Crippen LogP contribution in [-0.4, -0.2) is 42.6 Å². The lowest BCUT2D eigenvalue weighted by atomic mass is 9.89. The van der Waals surface area contributed by atoms with Crippen molar-refractivity contribution in [3.05, 3.63) is 102 Å². The number of aromatic amines is 2. The summed E-state index contributed by atoms with van der Waals surface area (Å²) in [6.45, 7) is 4.31. The zero-order chi connectivity index (χ0) is 35.2. The fourth-order valence-corrected chi connectivity index (χ4v) is 7.75. The van der Waals surface area contributed by atoms with Gasteiger partial charge in [0.25, 0.3) is 0 Å². The maximum absolute atomic E-state index is 12.6. The Labute approximate surface area is 311 Å². The SMILES string of the molecule is CCCCC(=O)Cc1c[nH]c2ccccc12.CCCCC(CC(=O)c1cnc(Br)s1)Cc1c[nH]c2ccccc12.O=C(O)c1cnc(Br)s1. The molecule has 0 spiro atoms. The molecule has 4 aromatic heterocycles. The second-order valence-electron chi connectivity index (χ2n) is 11.6. The van der Waals surface area contributed by atoms with Crippen molar-refractivity contribution in [3.8, 4) is 0 Å². The molecule has 0 aliphatic carbocycles. The van der Waals surface area contributed by atoms with Crippen LogP contribution in [0, 0.1) is 5.92 Å². The van der Waals surface area contributed by atoms with E-state index in [-0.39, 0.29) is 10.7 Å². The average molecular weight is 829 g/mol. The number of rotatable bonds is 14. The number of hydrogen-bond acceptors (Lipinski definition) is 7. The molecule has 258 valence electrons. The molecule has 0 aliphatic heterocycles. The molecule has 0 saturated carbocycles. The Morgan fingerprint density at radius 3 is 1.88 bits per heavy atom. The molecule has 3 N–H and O–H groups in total. The fraction of sp³-hybridized carbons (Fsp3) is 0.324. The van der Waals surface area contributed by atoms with Crippen molar-refractivity contribution in [1.29, 1.82) is 0 Å². The third-order valence-electron chi connectivity index (χ3n) is 7.94. The van der Waals surface area contributed by atoms with Gasteiger partial charge in [0.15, 0.2) is 13.6 Å². The first-order chi connectivity index (χ1) is 23.7. The number of aromatic carboxylic acids is 1. The molecule has 0 saturated heterocycles. The number of hydrogen-bond donors (Lipinski definition) is 3. The summed E-state index contributed by atoms with van der Waals surface area (Å²) in [4.78, 5) is 49.8. The first-order valence-corrected chi connectivity index (χ1v) is 19.5. The number of carboxylic acids is 1. The van der Waals surface area contributed by atoms with E-state index in [1.807, 2.05) is 30.5 Å². The number of thiazole rings is 2. The van der Waals surface area contributed by atoms with Gasteiger partial charge in [-0.3, -0.25) is 9.59 Å². The normalized spacial score (nSPS) is 11.4. The lowest BCUT2D eigenvalue weighted by Crippen LogP contribution is -2.11. The number of fused-ring (bicyclic) bond motifs is 2. The van der Waals surface area contributed by atoms with Crippen LogP contribution in [0.3, 0.4) is 0 Å². The maximum Gasteiger partial charge on any atom is 0.347 e. The van der Waals surface area contributed by atoms with Crippen molar-refractivity contribution in [3.63, 3.8) is 0 Å². The first kappa shape index (κ1) is 38.4. The van der Waals surface area contributed by atoms with Crippen LogP contribution in [0.5, 0.6) is 0 Å². The van der Waals surface area contributed by atoms with Gasteiger partial charge in [-0.1, -0.05) is 69.5 Å². The van der Waals surface area contributed by atoms with Gasteiger partial charge < -0.3 is 15.1 Å². The Kier molecular flexibility index (Phi) is 15.4. The number of unbranched alkanes of at least 4 members (excludes halogenated alkanes) is 2. The van der Waals surface area contributed by atoms with Gasteiger partial charge in [-0.15, -0.1) is 22.7 Å². The second-order valence-corrected chi connectivity index (χ2v) is 16.3. The number of aromatic nitrogens is 4. The number of H-pyrrole nitrogens is 2. The summed E-state index contributed by atoms with van der Waals surface area (Å²) >= 11 is 8.90. The number of Topliss-reactive ketones (excluding diaryl/α,β-unsaturated/α-hetero) is 2. The number of carboxylic acid groups (broad SMARTS) is 1. The highest BCUT2D eigenvalue weighted by molar-refractivity contribution is 9.11. The Bertz CT molecular complexity index is 1960. The minimum absolute atomic E-state index is 0.208. The number of carbonyl (C=O) groups excluding carboxylic acids is 2. The van der Waals surface area contributed by atoms with Gasteiger partial charge >= 0.3 is 5.97 Å². The molecule has 1 atom stereocenters. The van der Waals surface area contributed by atoms with E-state index < -0.39 is 5.97 Å². The van der Waals surface area contributed by atoms with Crippen molar-refractivity contribution < 1.29 is 19.5 Å².